The molecular formula is C16H20N2S. The van der Waals surface area contributed by atoms with E-state index in [2.05, 4.69) is 49.2 Å². The summed E-state index contributed by atoms with van der Waals surface area (Å²) in [5, 5.41) is 1.20. The molecule has 1 aliphatic carbocycles. The van der Waals surface area contributed by atoms with Crippen LogP contribution >= 0.6 is 11.3 Å². The Morgan fingerprint density at radius 3 is 2.68 bits per heavy atom. The van der Waals surface area contributed by atoms with E-state index in [1.807, 2.05) is 0 Å². The molecule has 1 fully saturated rings. The number of aryl methyl sites for hydroxylation is 2. The van der Waals surface area contributed by atoms with E-state index in [4.69, 9.17) is 5.73 Å². The van der Waals surface area contributed by atoms with E-state index in [-0.39, 0.29) is 6.04 Å². The lowest BCUT2D eigenvalue weighted by Crippen LogP contribution is -2.25. The predicted molar refractivity (Wildman–Crippen MR) is 80.6 cm³/mol. The van der Waals surface area contributed by atoms with Gasteiger partial charge in [-0.1, -0.05) is 30.3 Å². The highest BCUT2D eigenvalue weighted by Crippen LogP contribution is 2.49. The zero-order chi connectivity index (χ0) is 13.4. The first kappa shape index (κ1) is 12.8. The molecule has 3 unspecified atom stereocenters. The molecule has 1 aromatic heterocycles. The molecule has 2 aromatic rings. The van der Waals surface area contributed by atoms with E-state index in [1.165, 1.54) is 21.9 Å². The number of benzene rings is 1. The van der Waals surface area contributed by atoms with Crippen molar-refractivity contribution in [3.8, 4) is 0 Å². The Hall–Kier alpha value is -1.19. The lowest BCUT2D eigenvalue weighted by atomic mass is 10.0. The molecule has 1 aliphatic rings. The lowest BCUT2D eigenvalue weighted by Gasteiger charge is -2.09. The largest absolute Gasteiger partial charge is 0.327 e. The van der Waals surface area contributed by atoms with E-state index in [0.717, 1.165) is 12.1 Å². The number of hydrogen-bond acceptors (Lipinski definition) is 3. The van der Waals surface area contributed by atoms with Gasteiger partial charge in [0.05, 0.1) is 10.7 Å². The van der Waals surface area contributed by atoms with Crippen LogP contribution in [0.25, 0.3) is 0 Å². The predicted octanol–water partition coefficient (Wildman–Crippen LogP) is 3.43. The summed E-state index contributed by atoms with van der Waals surface area (Å²) in [6.07, 6.45) is 2.15. The van der Waals surface area contributed by atoms with Crippen LogP contribution in [-0.4, -0.2) is 11.0 Å². The van der Waals surface area contributed by atoms with Gasteiger partial charge < -0.3 is 5.73 Å². The van der Waals surface area contributed by atoms with Gasteiger partial charge in [-0.25, -0.2) is 4.98 Å². The van der Waals surface area contributed by atoms with Gasteiger partial charge in [-0.2, -0.15) is 0 Å². The first-order chi connectivity index (χ1) is 9.15. The quantitative estimate of drug-likeness (QED) is 0.926. The summed E-state index contributed by atoms with van der Waals surface area (Å²) in [6.45, 7) is 4.21. The second-order valence-electron chi connectivity index (χ2n) is 5.53. The van der Waals surface area contributed by atoms with Crippen molar-refractivity contribution in [2.75, 3.05) is 0 Å². The average Bonchev–Trinajstić information content (AvgIpc) is 3.14. The van der Waals surface area contributed by atoms with Crippen LogP contribution in [0, 0.1) is 19.8 Å². The molecule has 2 nitrogen and oxygen atoms in total. The number of aromatic nitrogens is 1. The summed E-state index contributed by atoms with van der Waals surface area (Å²) < 4.78 is 0. The number of hydrogen-bond donors (Lipinski definition) is 1. The van der Waals surface area contributed by atoms with Crippen LogP contribution < -0.4 is 5.73 Å². The molecule has 3 heteroatoms. The normalized spacial score (nSPS) is 23.3. The first-order valence-corrected chi connectivity index (χ1v) is 7.70. The molecule has 19 heavy (non-hydrogen) atoms. The van der Waals surface area contributed by atoms with Gasteiger partial charge in [-0.15, -0.1) is 11.3 Å². The first-order valence-electron chi connectivity index (χ1n) is 6.88. The third-order valence-electron chi connectivity index (χ3n) is 4.10. The Morgan fingerprint density at radius 2 is 2.05 bits per heavy atom. The average molecular weight is 272 g/mol. The van der Waals surface area contributed by atoms with Crippen molar-refractivity contribution in [3.05, 3.63) is 51.5 Å². The summed E-state index contributed by atoms with van der Waals surface area (Å²) in [5.41, 5.74) is 8.96. The van der Waals surface area contributed by atoms with E-state index in [1.54, 1.807) is 11.3 Å². The number of rotatable bonds is 4. The van der Waals surface area contributed by atoms with Gasteiger partial charge in [-0.3, -0.25) is 0 Å². The van der Waals surface area contributed by atoms with Crippen LogP contribution in [0.15, 0.2) is 30.3 Å². The summed E-state index contributed by atoms with van der Waals surface area (Å²) in [7, 11) is 0. The topological polar surface area (TPSA) is 38.9 Å². The maximum Gasteiger partial charge on any atom is 0.0946 e. The minimum absolute atomic E-state index is 0.246. The van der Waals surface area contributed by atoms with Crippen molar-refractivity contribution >= 4 is 11.3 Å². The minimum Gasteiger partial charge on any atom is -0.327 e. The third-order valence-corrected chi connectivity index (χ3v) is 5.20. The SMILES string of the molecule is Cc1nc(CC(N)C2CC2c2ccccc2)sc1C. The van der Waals surface area contributed by atoms with Crippen LogP contribution in [0.3, 0.4) is 0 Å². The van der Waals surface area contributed by atoms with Gasteiger partial charge in [0, 0.05) is 17.3 Å². The molecule has 0 amide bonds. The molecule has 100 valence electrons. The highest BCUT2D eigenvalue weighted by molar-refractivity contribution is 7.11. The molecule has 0 aliphatic heterocycles. The van der Waals surface area contributed by atoms with E-state index < -0.39 is 0 Å². The standard InChI is InChI=1S/C16H20N2S/c1-10-11(2)19-16(18-10)9-15(17)14-8-13(14)12-6-4-3-5-7-12/h3-7,13-15H,8-9,17H2,1-2H3. The minimum atomic E-state index is 0.246. The highest BCUT2D eigenvalue weighted by Gasteiger charge is 2.42. The number of nitrogens with zero attached hydrogens (tertiary/aromatic N) is 1. The maximum atomic E-state index is 6.36. The van der Waals surface area contributed by atoms with Crippen molar-refractivity contribution < 1.29 is 0 Å². The molecular weight excluding hydrogens is 252 g/mol. The molecule has 1 heterocycles. The zero-order valence-corrected chi connectivity index (χ0v) is 12.3. The second kappa shape index (κ2) is 5.06. The van der Waals surface area contributed by atoms with Crippen molar-refractivity contribution in [2.45, 2.75) is 38.6 Å². The van der Waals surface area contributed by atoms with Crippen molar-refractivity contribution in [1.29, 1.82) is 0 Å². The summed E-state index contributed by atoms with van der Waals surface area (Å²) in [4.78, 5) is 5.91. The van der Waals surface area contributed by atoms with Crippen molar-refractivity contribution in [3.63, 3.8) is 0 Å². The van der Waals surface area contributed by atoms with E-state index >= 15 is 0 Å². The van der Waals surface area contributed by atoms with Gasteiger partial charge in [0.2, 0.25) is 0 Å². The Morgan fingerprint density at radius 1 is 1.32 bits per heavy atom. The lowest BCUT2D eigenvalue weighted by molar-refractivity contribution is 0.576. The number of nitrogens with two attached hydrogens (primary N) is 1. The van der Waals surface area contributed by atoms with Gasteiger partial charge in [-0.05, 0) is 37.7 Å². The van der Waals surface area contributed by atoms with Crippen LogP contribution in [0.4, 0.5) is 0 Å². The molecule has 1 saturated carbocycles. The molecule has 2 N–H and O–H groups in total. The molecule has 0 radical (unpaired) electrons. The van der Waals surface area contributed by atoms with Crippen LogP contribution in [0.2, 0.25) is 0 Å². The smallest absolute Gasteiger partial charge is 0.0946 e. The van der Waals surface area contributed by atoms with Crippen LogP contribution in [0.5, 0.6) is 0 Å². The Balaban J connectivity index is 1.62. The summed E-state index contributed by atoms with van der Waals surface area (Å²) in [6, 6.07) is 11.0. The molecule has 0 saturated heterocycles. The van der Waals surface area contributed by atoms with Crippen LogP contribution in [0.1, 0.15) is 33.5 Å². The van der Waals surface area contributed by atoms with Crippen molar-refractivity contribution in [1.82, 2.24) is 4.98 Å². The number of thiazole rings is 1. The fraction of sp³-hybridized carbons (Fsp3) is 0.438. The second-order valence-corrected chi connectivity index (χ2v) is 6.82. The molecule has 0 spiro atoms. The fourth-order valence-electron chi connectivity index (χ4n) is 2.75. The van der Waals surface area contributed by atoms with Gasteiger partial charge in [0.25, 0.3) is 0 Å². The molecule has 0 bridgehead atoms. The maximum absolute atomic E-state index is 6.36. The van der Waals surface area contributed by atoms with Gasteiger partial charge >= 0.3 is 0 Å². The fourth-order valence-corrected chi connectivity index (χ4v) is 3.76. The molecule has 3 rings (SSSR count). The Bertz CT molecular complexity index is 542. The highest BCUT2D eigenvalue weighted by atomic mass is 32.1. The Kier molecular flexibility index (Phi) is 3.42. The summed E-state index contributed by atoms with van der Waals surface area (Å²) in [5.74, 6) is 1.30. The van der Waals surface area contributed by atoms with E-state index in [9.17, 15) is 0 Å². The summed E-state index contributed by atoms with van der Waals surface area (Å²) >= 11 is 1.79. The molecule has 1 aromatic carbocycles. The van der Waals surface area contributed by atoms with Gasteiger partial charge in [0.1, 0.15) is 0 Å². The molecule has 3 atom stereocenters. The monoisotopic (exact) mass is 272 g/mol. The van der Waals surface area contributed by atoms with Crippen LogP contribution in [-0.2, 0) is 6.42 Å². The zero-order valence-electron chi connectivity index (χ0n) is 11.5. The van der Waals surface area contributed by atoms with Gasteiger partial charge in [0.15, 0.2) is 0 Å². The Labute approximate surface area is 118 Å². The van der Waals surface area contributed by atoms with E-state index in [0.29, 0.717) is 11.8 Å². The van der Waals surface area contributed by atoms with Crippen molar-refractivity contribution in [2.24, 2.45) is 11.7 Å². The third kappa shape index (κ3) is 2.72.